The summed E-state index contributed by atoms with van der Waals surface area (Å²) in [4.78, 5) is 0. The van der Waals surface area contributed by atoms with Gasteiger partial charge in [-0.2, -0.15) is 0 Å². The van der Waals surface area contributed by atoms with E-state index in [0.717, 1.165) is 23.5 Å². The zero-order chi connectivity index (χ0) is 13.5. The molecule has 1 fully saturated rings. The molecule has 1 aromatic carbocycles. The van der Waals surface area contributed by atoms with Crippen LogP contribution in [0.4, 0.5) is 0 Å². The van der Waals surface area contributed by atoms with Crippen LogP contribution in [0.2, 0.25) is 0 Å². The summed E-state index contributed by atoms with van der Waals surface area (Å²) >= 11 is 3.47. The van der Waals surface area contributed by atoms with Gasteiger partial charge in [0.25, 0.3) is 0 Å². The van der Waals surface area contributed by atoms with Crippen molar-refractivity contribution in [2.45, 2.75) is 45.3 Å². The Bertz CT molecular complexity index is 375. The number of hydrogen-bond acceptors (Lipinski definition) is 2. The van der Waals surface area contributed by atoms with Gasteiger partial charge < -0.3 is 10.1 Å². The fraction of sp³-hybridized carbons (Fsp3) is 0.625. The number of nitrogens with one attached hydrogen (secondary N) is 1. The van der Waals surface area contributed by atoms with Crippen molar-refractivity contribution in [1.82, 2.24) is 5.32 Å². The molecule has 3 heteroatoms. The highest BCUT2D eigenvalue weighted by molar-refractivity contribution is 9.10. The van der Waals surface area contributed by atoms with Gasteiger partial charge in [-0.05, 0) is 49.3 Å². The normalized spacial score (nSPS) is 23.5. The van der Waals surface area contributed by atoms with Gasteiger partial charge >= 0.3 is 0 Å². The van der Waals surface area contributed by atoms with Crippen molar-refractivity contribution in [3.63, 3.8) is 0 Å². The molecule has 0 aliphatic heterocycles. The van der Waals surface area contributed by atoms with Gasteiger partial charge in [-0.15, -0.1) is 0 Å². The van der Waals surface area contributed by atoms with Gasteiger partial charge in [0.15, 0.2) is 0 Å². The van der Waals surface area contributed by atoms with Crippen LogP contribution < -0.4 is 5.32 Å². The Kier molecular flexibility index (Phi) is 6.35. The van der Waals surface area contributed by atoms with Crippen molar-refractivity contribution in [3.05, 3.63) is 34.3 Å². The summed E-state index contributed by atoms with van der Waals surface area (Å²) < 4.78 is 6.82. The van der Waals surface area contributed by atoms with Crippen LogP contribution >= 0.6 is 15.9 Å². The fourth-order valence-corrected chi connectivity index (χ4v) is 3.06. The van der Waals surface area contributed by atoms with E-state index < -0.39 is 0 Å². The molecule has 106 valence electrons. The highest BCUT2D eigenvalue weighted by Crippen LogP contribution is 2.23. The van der Waals surface area contributed by atoms with Gasteiger partial charge in [-0.3, -0.25) is 0 Å². The highest BCUT2D eigenvalue weighted by Gasteiger charge is 2.16. The maximum Gasteiger partial charge on any atom is 0.0717 e. The number of rotatable bonds is 6. The summed E-state index contributed by atoms with van der Waals surface area (Å²) in [6.07, 6.45) is 5.40. The minimum Gasteiger partial charge on any atom is -0.375 e. The summed E-state index contributed by atoms with van der Waals surface area (Å²) in [7, 11) is 0. The fourth-order valence-electron chi connectivity index (χ4n) is 2.62. The summed E-state index contributed by atoms with van der Waals surface area (Å²) in [6, 6.07) is 9.00. The second-order valence-electron chi connectivity index (χ2n) is 5.59. The van der Waals surface area contributed by atoms with Gasteiger partial charge in [0.1, 0.15) is 0 Å². The van der Waals surface area contributed by atoms with Gasteiger partial charge in [0, 0.05) is 17.1 Å². The molecule has 0 atom stereocenters. The third-order valence-electron chi connectivity index (χ3n) is 3.85. The standard InChI is InChI=1S/C16H24BrNO/c1-13-5-7-16(8-6-13)18-9-10-19-12-14-3-2-4-15(17)11-14/h2-4,11,13,16,18H,5-10,12H2,1H3. The first kappa shape index (κ1) is 15.0. The van der Waals surface area contributed by atoms with Crippen molar-refractivity contribution >= 4 is 15.9 Å². The molecule has 0 spiro atoms. The SMILES string of the molecule is CC1CCC(NCCOCc2cccc(Br)c2)CC1. The first-order valence-corrected chi connectivity index (χ1v) is 8.09. The quantitative estimate of drug-likeness (QED) is 0.794. The van der Waals surface area contributed by atoms with E-state index in [2.05, 4.69) is 40.3 Å². The molecule has 1 N–H and O–H groups in total. The van der Waals surface area contributed by atoms with Crippen molar-refractivity contribution in [2.75, 3.05) is 13.2 Å². The molecule has 1 saturated carbocycles. The zero-order valence-corrected chi connectivity index (χ0v) is 13.3. The molecule has 0 bridgehead atoms. The molecule has 1 aliphatic rings. The van der Waals surface area contributed by atoms with Crippen LogP contribution in [0.3, 0.4) is 0 Å². The lowest BCUT2D eigenvalue weighted by Gasteiger charge is -2.26. The van der Waals surface area contributed by atoms with Crippen LogP contribution in [0.25, 0.3) is 0 Å². The molecule has 2 nitrogen and oxygen atoms in total. The lowest BCUT2D eigenvalue weighted by atomic mass is 9.87. The maximum absolute atomic E-state index is 5.70. The first-order chi connectivity index (χ1) is 9.24. The van der Waals surface area contributed by atoms with Crippen molar-refractivity contribution < 1.29 is 4.74 Å². The van der Waals surface area contributed by atoms with Crippen LogP contribution in [0.1, 0.15) is 38.2 Å². The molecule has 0 saturated heterocycles. The van der Waals surface area contributed by atoms with Gasteiger partial charge in [-0.1, -0.05) is 35.0 Å². The molecule has 0 unspecified atom stereocenters. The average molecular weight is 326 g/mol. The van der Waals surface area contributed by atoms with E-state index >= 15 is 0 Å². The molecule has 0 amide bonds. The molecule has 2 rings (SSSR count). The predicted molar refractivity (Wildman–Crippen MR) is 83.2 cm³/mol. The highest BCUT2D eigenvalue weighted by atomic mass is 79.9. The Hall–Kier alpha value is -0.380. The summed E-state index contributed by atoms with van der Waals surface area (Å²) in [5, 5.41) is 3.61. The smallest absolute Gasteiger partial charge is 0.0717 e. The minimum atomic E-state index is 0.697. The lowest BCUT2D eigenvalue weighted by molar-refractivity contribution is 0.118. The molecular formula is C16H24BrNO. The zero-order valence-electron chi connectivity index (χ0n) is 11.7. The number of ether oxygens (including phenoxy) is 1. The maximum atomic E-state index is 5.70. The van der Waals surface area contributed by atoms with Crippen LogP contribution in [0, 0.1) is 5.92 Å². The average Bonchev–Trinajstić information content (AvgIpc) is 2.41. The topological polar surface area (TPSA) is 21.3 Å². The third-order valence-corrected chi connectivity index (χ3v) is 4.35. The van der Waals surface area contributed by atoms with E-state index in [-0.39, 0.29) is 0 Å². The summed E-state index contributed by atoms with van der Waals surface area (Å²) in [5.74, 6) is 0.922. The molecule has 1 aromatic rings. The molecular weight excluding hydrogens is 302 g/mol. The Labute approximate surface area is 125 Å². The van der Waals surface area contributed by atoms with E-state index in [1.807, 2.05) is 12.1 Å². The van der Waals surface area contributed by atoms with Gasteiger partial charge in [0.05, 0.1) is 13.2 Å². The second-order valence-corrected chi connectivity index (χ2v) is 6.51. The molecule has 19 heavy (non-hydrogen) atoms. The molecule has 0 aromatic heterocycles. The Morgan fingerprint density at radius 2 is 2.05 bits per heavy atom. The van der Waals surface area contributed by atoms with Gasteiger partial charge in [0.2, 0.25) is 0 Å². The second kappa shape index (κ2) is 8.03. The van der Waals surface area contributed by atoms with E-state index in [1.165, 1.54) is 31.2 Å². The minimum absolute atomic E-state index is 0.697. The van der Waals surface area contributed by atoms with Crippen molar-refractivity contribution in [1.29, 1.82) is 0 Å². The number of halogens is 1. The summed E-state index contributed by atoms with van der Waals surface area (Å²) in [6.45, 7) is 4.81. The van der Waals surface area contributed by atoms with Crippen molar-refractivity contribution in [3.8, 4) is 0 Å². The third kappa shape index (κ3) is 5.64. The Morgan fingerprint density at radius 1 is 1.26 bits per heavy atom. The molecule has 0 heterocycles. The Balaban J connectivity index is 1.55. The van der Waals surface area contributed by atoms with Crippen LogP contribution in [0.15, 0.2) is 28.7 Å². The number of benzene rings is 1. The molecule has 1 aliphatic carbocycles. The van der Waals surface area contributed by atoms with Crippen LogP contribution in [-0.2, 0) is 11.3 Å². The first-order valence-electron chi connectivity index (χ1n) is 7.29. The monoisotopic (exact) mass is 325 g/mol. The van der Waals surface area contributed by atoms with Crippen LogP contribution in [0.5, 0.6) is 0 Å². The van der Waals surface area contributed by atoms with E-state index in [4.69, 9.17) is 4.74 Å². The van der Waals surface area contributed by atoms with E-state index in [0.29, 0.717) is 12.6 Å². The largest absolute Gasteiger partial charge is 0.375 e. The van der Waals surface area contributed by atoms with Crippen LogP contribution in [-0.4, -0.2) is 19.2 Å². The van der Waals surface area contributed by atoms with E-state index in [1.54, 1.807) is 0 Å². The van der Waals surface area contributed by atoms with E-state index in [9.17, 15) is 0 Å². The lowest BCUT2D eigenvalue weighted by Crippen LogP contribution is -2.34. The summed E-state index contributed by atoms with van der Waals surface area (Å²) in [5.41, 5.74) is 1.22. The molecule has 0 radical (unpaired) electrons. The van der Waals surface area contributed by atoms with Crippen molar-refractivity contribution in [2.24, 2.45) is 5.92 Å². The number of hydrogen-bond donors (Lipinski definition) is 1. The van der Waals surface area contributed by atoms with Gasteiger partial charge in [-0.25, -0.2) is 0 Å². The predicted octanol–water partition coefficient (Wildman–Crippen LogP) is 4.13. The Morgan fingerprint density at radius 3 is 2.79 bits per heavy atom.